The first-order valence-electron chi connectivity index (χ1n) is 6.71. The standard InChI is InChI=1S/C14H18ClN5/c1-2-3-11-20-14(17-18-19-20)16-10-4-5-12-6-8-13(15)9-7-12/h4-9H,2-3,10-11H2,1H3,(H,16,17,19)/b5-4-. The van der Waals surface area contributed by atoms with E-state index in [-0.39, 0.29) is 0 Å². The van der Waals surface area contributed by atoms with Crippen LogP contribution in [0.25, 0.3) is 6.08 Å². The van der Waals surface area contributed by atoms with E-state index >= 15 is 0 Å². The molecule has 1 N–H and O–H groups in total. The van der Waals surface area contributed by atoms with E-state index in [1.165, 1.54) is 0 Å². The number of aromatic nitrogens is 4. The van der Waals surface area contributed by atoms with E-state index in [0.29, 0.717) is 12.5 Å². The predicted octanol–water partition coefficient (Wildman–Crippen LogP) is 3.25. The van der Waals surface area contributed by atoms with E-state index in [0.717, 1.165) is 30.0 Å². The molecule has 106 valence electrons. The summed E-state index contributed by atoms with van der Waals surface area (Å²) in [5.74, 6) is 0.708. The van der Waals surface area contributed by atoms with E-state index in [4.69, 9.17) is 11.6 Å². The molecule has 0 radical (unpaired) electrons. The molecule has 20 heavy (non-hydrogen) atoms. The fourth-order valence-electron chi connectivity index (χ4n) is 1.71. The molecule has 0 bridgehead atoms. The fraction of sp³-hybridized carbons (Fsp3) is 0.357. The van der Waals surface area contributed by atoms with Gasteiger partial charge >= 0.3 is 0 Å². The van der Waals surface area contributed by atoms with Crippen LogP contribution in [0.4, 0.5) is 5.95 Å². The van der Waals surface area contributed by atoms with Crippen molar-refractivity contribution >= 4 is 23.6 Å². The Bertz CT molecular complexity index is 547. The van der Waals surface area contributed by atoms with E-state index in [2.05, 4.69) is 27.8 Å². The largest absolute Gasteiger partial charge is 0.350 e. The molecule has 0 aliphatic heterocycles. The highest BCUT2D eigenvalue weighted by molar-refractivity contribution is 6.30. The molecule has 1 aromatic carbocycles. The molecule has 6 heteroatoms. The van der Waals surface area contributed by atoms with Crippen molar-refractivity contribution in [2.45, 2.75) is 26.3 Å². The Morgan fingerprint density at radius 2 is 2.10 bits per heavy atom. The van der Waals surface area contributed by atoms with Gasteiger partial charge in [0.1, 0.15) is 0 Å². The SMILES string of the molecule is CCCCn1nnnc1NC/C=C\c1ccc(Cl)cc1. The van der Waals surface area contributed by atoms with Crippen molar-refractivity contribution in [1.29, 1.82) is 0 Å². The van der Waals surface area contributed by atoms with Gasteiger partial charge in [0.2, 0.25) is 5.95 Å². The zero-order chi connectivity index (χ0) is 14.2. The second kappa shape index (κ2) is 7.65. The van der Waals surface area contributed by atoms with Crippen LogP contribution in [-0.2, 0) is 6.54 Å². The van der Waals surface area contributed by atoms with Crippen LogP contribution in [0.1, 0.15) is 25.3 Å². The third kappa shape index (κ3) is 4.35. The van der Waals surface area contributed by atoms with Gasteiger partial charge in [-0.1, -0.05) is 54.3 Å². The number of tetrazole rings is 1. The lowest BCUT2D eigenvalue weighted by Gasteiger charge is -2.03. The van der Waals surface area contributed by atoms with E-state index < -0.39 is 0 Å². The number of unbranched alkanes of at least 4 members (excludes halogenated alkanes) is 1. The maximum atomic E-state index is 5.84. The Balaban J connectivity index is 1.83. The Morgan fingerprint density at radius 1 is 1.30 bits per heavy atom. The first-order chi connectivity index (χ1) is 9.79. The van der Waals surface area contributed by atoms with E-state index in [1.54, 1.807) is 4.68 Å². The van der Waals surface area contributed by atoms with Crippen LogP contribution in [0, 0.1) is 0 Å². The van der Waals surface area contributed by atoms with Crippen molar-refractivity contribution < 1.29 is 0 Å². The van der Waals surface area contributed by atoms with Crippen LogP contribution in [-0.4, -0.2) is 26.8 Å². The van der Waals surface area contributed by atoms with E-state index in [1.807, 2.05) is 36.4 Å². The molecule has 0 aliphatic rings. The Hall–Kier alpha value is -1.88. The van der Waals surface area contributed by atoms with Gasteiger partial charge in [0, 0.05) is 18.1 Å². The summed E-state index contributed by atoms with van der Waals surface area (Å²) in [6, 6.07) is 7.70. The monoisotopic (exact) mass is 291 g/mol. The Labute approximate surface area is 123 Å². The van der Waals surface area contributed by atoms with Gasteiger partial charge in [0.15, 0.2) is 0 Å². The van der Waals surface area contributed by atoms with Gasteiger partial charge in [-0.3, -0.25) is 0 Å². The lowest BCUT2D eigenvalue weighted by molar-refractivity contribution is 0.557. The normalized spacial score (nSPS) is 11.1. The molecule has 0 amide bonds. The van der Waals surface area contributed by atoms with Gasteiger partial charge in [0.05, 0.1) is 0 Å². The Kier molecular flexibility index (Phi) is 5.55. The number of nitrogens with zero attached hydrogens (tertiary/aromatic N) is 4. The van der Waals surface area contributed by atoms with Crippen LogP contribution < -0.4 is 5.32 Å². The molecule has 2 aromatic rings. The number of hydrogen-bond donors (Lipinski definition) is 1. The summed E-state index contributed by atoms with van der Waals surface area (Å²) in [7, 11) is 0. The molecule has 2 rings (SSSR count). The van der Waals surface area contributed by atoms with Gasteiger partial charge < -0.3 is 5.32 Å². The third-order valence-electron chi connectivity index (χ3n) is 2.81. The average Bonchev–Trinajstić information content (AvgIpc) is 2.91. The van der Waals surface area contributed by atoms with Crippen LogP contribution >= 0.6 is 11.6 Å². The Morgan fingerprint density at radius 3 is 2.85 bits per heavy atom. The first kappa shape index (κ1) is 14.5. The van der Waals surface area contributed by atoms with Crippen molar-refractivity contribution in [2.75, 3.05) is 11.9 Å². The number of nitrogens with one attached hydrogen (secondary N) is 1. The van der Waals surface area contributed by atoms with Crippen molar-refractivity contribution in [1.82, 2.24) is 20.2 Å². The van der Waals surface area contributed by atoms with Gasteiger partial charge in [0.25, 0.3) is 0 Å². The summed E-state index contributed by atoms with van der Waals surface area (Å²) in [4.78, 5) is 0. The quantitative estimate of drug-likeness (QED) is 0.851. The van der Waals surface area contributed by atoms with Crippen molar-refractivity contribution in [3.8, 4) is 0 Å². The summed E-state index contributed by atoms with van der Waals surface area (Å²) >= 11 is 5.84. The molecule has 0 saturated heterocycles. The van der Waals surface area contributed by atoms with Crippen LogP contribution in [0.5, 0.6) is 0 Å². The second-order valence-electron chi connectivity index (χ2n) is 4.41. The zero-order valence-electron chi connectivity index (χ0n) is 11.5. The number of aryl methyl sites for hydroxylation is 1. The zero-order valence-corrected chi connectivity index (χ0v) is 12.2. The smallest absolute Gasteiger partial charge is 0.243 e. The van der Waals surface area contributed by atoms with Gasteiger partial charge in [-0.25, -0.2) is 4.68 Å². The molecule has 0 unspecified atom stereocenters. The highest BCUT2D eigenvalue weighted by Gasteiger charge is 2.02. The molecule has 0 saturated carbocycles. The number of halogens is 1. The highest BCUT2D eigenvalue weighted by atomic mass is 35.5. The third-order valence-corrected chi connectivity index (χ3v) is 3.07. The lowest BCUT2D eigenvalue weighted by atomic mass is 10.2. The predicted molar refractivity (Wildman–Crippen MR) is 81.7 cm³/mol. The maximum Gasteiger partial charge on any atom is 0.243 e. The fourth-order valence-corrected chi connectivity index (χ4v) is 1.83. The summed E-state index contributed by atoms with van der Waals surface area (Å²) < 4.78 is 1.79. The number of hydrogen-bond acceptors (Lipinski definition) is 4. The molecule has 0 atom stereocenters. The minimum atomic E-state index is 0.676. The van der Waals surface area contributed by atoms with Crippen LogP contribution in [0.2, 0.25) is 5.02 Å². The van der Waals surface area contributed by atoms with E-state index in [9.17, 15) is 0 Å². The van der Waals surface area contributed by atoms with Crippen molar-refractivity contribution in [3.63, 3.8) is 0 Å². The van der Waals surface area contributed by atoms with Crippen LogP contribution in [0.3, 0.4) is 0 Å². The molecule has 0 aliphatic carbocycles. The van der Waals surface area contributed by atoms with Crippen LogP contribution in [0.15, 0.2) is 30.3 Å². The molecule has 0 fully saturated rings. The number of rotatable bonds is 7. The second-order valence-corrected chi connectivity index (χ2v) is 4.85. The molecular weight excluding hydrogens is 274 g/mol. The first-order valence-corrected chi connectivity index (χ1v) is 7.09. The number of benzene rings is 1. The van der Waals surface area contributed by atoms with Crippen molar-refractivity contribution in [3.05, 3.63) is 40.9 Å². The lowest BCUT2D eigenvalue weighted by Crippen LogP contribution is -2.09. The summed E-state index contributed by atoms with van der Waals surface area (Å²) in [5.41, 5.74) is 1.11. The summed E-state index contributed by atoms with van der Waals surface area (Å²) in [6.07, 6.45) is 6.25. The minimum absolute atomic E-state index is 0.676. The highest BCUT2D eigenvalue weighted by Crippen LogP contribution is 2.10. The van der Waals surface area contributed by atoms with Gasteiger partial charge in [-0.2, -0.15) is 0 Å². The minimum Gasteiger partial charge on any atom is -0.350 e. The van der Waals surface area contributed by atoms with Gasteiger partial charge in [-0.05, 0) is 34.5 Å². The summed E-state index contributed by atoms with van der Waals surface area (Å²) in [5, 5.41) is 15.5. The molecular formula is C14H18ClN5. The molecule has 0 spiro atoms. The summed E-state index contributed by atoms with van der Waals surface area (Å²) in [6.45, 7) is 3.66. The van der Waals surface area contributed by atoms with Crippen molar-refractivity contribution in [2.24, 2.45) is 0 Å². The topological polar surface area (TPSA) is 55.6 Å². The average molecular weight is 292 g/mol. The molecule has 1 heterocycles. The number of anilines is 1. The maximum absolute atomic E-state index is 5.84. The molecule has 1 aromatic heterocycles. The molecule has 5 nitrogen and oxygen atoms in total. The van der Waals surface area contributed by atoms with Gasteiger partial charge in [-0.15, -0.1) is 0 Å².